The second-order valence-electron chi connectivity index (χ2n) is 8.37. The standard InChI is InChI=1S/C27H28N2O4/c1-19(29-33-27(21-8-3-2-4-9-21)24-11-5-6-15-28-24)16-20-13-14-23-22(17-20)10-7-12-25(23)32-18-26(30)31/h2-12,15,20,27H,13-14,16-18H2,1H3,(H,30,31)/b29-19-. The summed E-state index contributed by atoms with van der Waals surface area (Å²) >= 11 is 0. The lowest BCUT2D eigenvalue weighted by molar-refractivity contribution is -0.139. The molecular formula is C27H28N2O4. The molecule has 170 valence electrons. The van der Waals surface area contributed by atoms with Gasteiger partial charge in [-0.15, -0.1) is 0 Å². The highest BCUT2D eigenvalue weighted by atomic mass is 16.6. The number of ether oxygens (including phenoxy) is 1. The predicted octanol–water partition coefficient (Wildman–Crippen LogP) is 5.22. The lowest BCUT2D eigenvalue weighted by Gasteiger charge is -2.26. The molecule has 3 aromatic rings. The van der Waals surface area contributed by atoms with E-state index in [1.807, 2.05) is 67.6 Å². The Bertz CT molecular complexity index is 1060. The SMILES string of the molecule is C/C(CC1CCc2c(cccc2OCC(=O)O)C1)=N/OC(c1ccccc1)c1ccccn1. The van der Waals surface area contributed by atoms with Crippen LogP contribution in [0.5, 0.6) is 5.75 Å². The van der Waals surface area contributed by atoms with Crippen LogP contribution in [0.15, 0.2) is 78.1 Å². The number of pyridine rings is 1. The van der Waals surface area contributed by atoms with E-state index in [1.165, 1.54) is 5.56 Å². The lowest BCUT2D eigenvalue weighted by atomic mass is 9.81. The van der Waals surface area contributed by atoms with E-state index < -0.39 is 5.97 Å². The van der Waals surface area contributed by atoms with Gasteiger partial charge >= 0.3 is 5.97 Å². The first-order valence-corrected chi connectivity index (χ1v) is 11.2. The molecule has 4 rings (SSSR count). The van der Waals surface area contributed by atoms with E-state index in [0.717, 1.165) is 48.2 Å². The van der Waals surface area contributed by atoms with Crippen molar-refractivity contribution < 1.29 is 19.5 Å². The Morgan fingerprint density at radius 1 is 1.12 bits per heavy atom. The maximum Gasteiger partial charge on any atom is 0.341 e. The smallest absolute Gasteiger partial charge is 0.341 e. The molecule has 1 aromatic heterocycles. The van der Waals surface area contributed by atoms with Crippen molar-refractivity contribution in [2.45, 2.75) is 38.7 Å². The van der Waals surface area contributed by atoms with Gasteiger partial charge in [0.1, 0.15) is 5.75 Å². The molecule has 0 aliphatic heterocycles. The van der Waals surface area contributed by atoms with Gasteiger partial charge in [0.15, 0.2) is 12.7 Å². The zero-order valence-electron chi connectivity index (χ0n) is 18.7. The third kappa shape index (κ3) is 5.98. The quantitative estimate of drug-likeness (QED) is 0.361. The molecule has 0 saturated carbocycles. The Hall–Kier alpha value is -3.67. The monoisotopic (exact) mass is 444 g/mol. The predicted molar refractivity (Wildman–Crippen MR) is 126 cm³/mol. The number of fused-ring (bicyclic) bond motifs is 1. The Morgan fingerprint density at radius 2 is 1.94 bits per heavy atom. The van der Waals surface area contributed by atoms with Gasteiger partial charge in [-0.3, -0.25) is 4.98 Å². The minimum atomic E-state index is -0.965. The molecule has 6 heteroatoms. The molecule has 2 atom stereocenters. The van der Waals surface area contributed by atoms with E-state index in [1.54, 1.807) is 6.20 Å². The molecule has 0 amide bonds. The van der Waals surface area contributed by atoms with Gasteiger partial charge in [-0.25, -0.2) is 4.79 Å². The van der Waals surface area contributed by atoms with Crippen LogP contribution in [0.4, 0.5) is 0 Å². The van der Waals surface area contributed by atoms with E-state index >= 15 is 0 Å². The highest BCUT2D eigenvalue weighted by Crippen LogP contribution is 2.34. The first-order chi connectivity index (χ1) is 16.1. The van der Waals surface area contributed by atoms with E-state index in [-0.39, 0.29) is 12.7 Å². The number of rotatable bonds is 9. The Balaban J connectivity index is 1.42. The van der Waals surface area contributed by atoms with Crippen molar-refractivity contribution in [1.82, 2.24) is 4.98 Å². The molecule has 33 heavy (non-hydrogen) atoms. The first kappa shape index (κ1) is 22.5. The van der Waals surface area contributed by atoms with Crippen LogP contribution in [0.25, 0.3) is 0 Å². The van der Waals surface area contributed by atoms with Crippen LogP contribution < -0.4 is 4.74 Å². The number of hydrogen-bond acceptors (Lipinski definition) is 5. The van der Waals surface area contributed by atoms with Crippen LogP contribution in [0.2, 0.25) is 0 Å². The fraction of sp³-hybridized carbons (Fsp3) is 0.296. The topological polar surface area (TPSA) is 81.0 Å². The Kier molecular flexibility index (Phi) is 7.35. The van der Waals surface area contributed by atoms with E-state index in [9.17, 15) is 4.79 Å². The zero-order valence-corrected chi connectivity index (χ0v) is 18.7. The molecule has 0 fully saturated rings. The summed E-state index contributed by atoms with van der Waals surface area (Å²) in [6.07, 6.45) is 5.01. The molecule has 0 saturated heterocycles. The van der Waals surface area contributed by atoms with Crippen molar-refractivity contribution in [2.24, 2.45) is 11.1 Å². The largest absolute Gasteiger partial charge is 0.482 e. The number of oxime groups is 1. The lowest BCUT2D eigenvalue weighted by Crippen LogP contribution is -2.19. The summed E-state index contributed by atoms with van der Waals surface area (Å²) in [5.74, 6) is 0.167. The molecular weight excluding hydrogens is 416 g/mol. The molecule has 2 unspecified atom stereocenters. The summed E-state index contributed by atoms with van der Waals surface area (Å²) in [4.78, 5) is 21.3. The average molecular weight is 445 g/mol. The van der Waals surface area contributed by atoms with E-state index in [0.29, 0.717) is 11.7 Å². The maximum atomic E-state index is 10.9. The molecule has 2 aromatic carbocycles. The summed E-state index contributed by atoms with van der Waals surface area (Å²) in [5.41, 5.74) is 5.12. The number of nitrogens with zero attached hydrogens (tertiary/aromatic N) is 2. The summed E-state index contributed by atoms with van der Waals surface area (Å²) in [5, 5.41) is 13.4. The number of aromatic nitrogens is 1. The number of carbonyl (C=O) groups is 1. The Labute approximate surface area is 193 Å². The molecule has 1 aliphatic rings. The van der Waals surface area contributed by atoms with E-state index in [2.05, 4.69) is 16.2 Å². The van der Waals surface area contributed by atoms with Gasteiger partial charge in [-0.1, -0.05) is 53.7 Å². The highest BCUT2D eigenvalue weighted by molar-refractivity contribution is 5.81. The summed E-state index contributed by atoms with van der Waals surface area (Å²) < 4.78 is 5.48. The molecule has 1 heterocycles. The maximum absolute atomic E-state index is 10.9. The van der Waals surface area contributed by atoms with Crippen molar-refractivity contribution in [3.8, 4) is 5.75 Å². The second kappa shape index (κ2) is 10.8. The fourth-order valence-corrected chi connectivity index (χ4v) is 4.34. The van der Waals surface area contributed by atoms with Gasteiger partial charge in [-0.05, 0) is 67.9 Å². The van der Waals surface area contributed by atoms with Gasteiger partial charge in [0.25, 0.3) is 0 Å². The minimum Gasteiger partial charge on any atom is -0.482 e. The van der Waals surface area contributed by atoms with Gasteiger partial charge in [-0.2, -0.15) is 0 Å². The summed E-state index contributed by atoms with van der Waals surface area (Å²) in [6, 6.07) is 21.7. The van der Waals surface area contributed by atoms with E-state index in [4.69, 9.17) is 14.7 Å². The third-order valence-corrected chi connectivity index (χ3v) is 5.85. The molecule has 1 aliphatic carbocycles. The van der Waals surface area contributed by atoms with Crippen molar-refractivity contribution in [2.75, 3.05) is 6.61 Å². The van der Waals surface area contributed by atoms with Crippen LogP contribution in [0.3, 0.4) is 0 Å². The number of hydrogen-bond donors (Lipinski definition) is 1. The number of carboxylic acids is 1. The molecule has 0 spiro atoms. The molecule has 6 nitrogen and oxygen atoms in total. The first-order valence-electron chi connectivity index (χ1n) is 11.2. The fourth-order valence-electron chi connectivity index (χ4n) is 4.34. The van der Waals surface area contributed by atoms with Gasteiger partial charge < -0.3 is 14.7 Å². The summed E-state index contributed by atoms with van der Waals surface area (Å²) in [7, 11) is 0. The van der Waals surface area contributed by atoms with Crippen molar-refractivity contribution in [3.05, 3.63) is 95.3 Å². The zero-order chi connectivity index (χ0) is 23.0. The second-order valence-corrected chi connectivity index (χ2v) is 8.37. The van der Waals surface area contributed by atoms with Crippen LogP contribution in [0, 0.1) is 5.92 Å². The van der Waals surface area contributed by atoms with Crippen molar-refractivity contribution >= 4 is 11.7 Å². The van der Waals surface area contributed by atoms with Crippen molar-refractivity contribution in [1.29, 1.82) is 0 Å². The summed E-state index contributed by atoms with van der Waals surface area (Å²) in [6.45, 7) is 1.68. The normalized spacial score (nSPS) is 16.5. The highest BCUT2D eigenvalue weighted by Gasteiger charge is 2.23. The van der Waals surface area contributed by atoms with Crippen molar-refractivity contribution in [3.63, 3.8) is 0 Å². The van der Waals surface area contributed by atoms with Crippen LogP contribution >= 0.6 is 0 Å². The van der Waals surface area contributed by atoms with Gasteiger partial charge in [0.2, 0.25) is 0 Å². The molecule has 1 N–H and O–H groups in total. The minimum absolute atomic E-state index is 0.318. The molecule has 0 bridgehead atoms. The number of carboxylic acid groups (broad SMARTS) is 1. The number of benzene rings is 2. The van der Waals surface area contributed by atoms with Gasteiger partial charge in [0.05, 0.1) is 11.4 Å². The average Bonchev–Trinajstić information content (AvgIpc) is 2.84. The number of aliphatic carboxylic acids is 1. The van der Waals surface area contributed by atoms with Gasteiger partial charge in [0, 0.05) is 11.8 Å². The van der Waals surface area contributed by atoms with Crippen LogP contribution in [-0.2, 0) is 22.5 Å². The Morgan fingerprint density at radius 3 is 2.70 bits per heavy atom. The molecule has 0 radical (unpaired) electrons. The third-order valence-electron chi connectivity index (χ3n) is 5.85. The van der Waals surface area contributed by atoms with Crippen LogP contribution in [-0.4, -0.2) is 28.4 Å². The van der Waals surface area contributed by atoms with Crippen LogP contribution in [0.1, 0.15) is 48.3 Å².